The summed E-state index contributed by atoms with van der Waals surface area (Å²) >= 11 is 4.80. The van der Waals surface area contributed by atoms with Gasteiger partial charge in [0.15, 0.2) is 0 Å². The zero-order chi connectivity index (χ0) is 10.6. The molecule has 0 fully saturated rings. The summed E-state index contributed by atoms with van der Waals surface area (Å²) in [5.74, 6) is -1.15. The summed E-state index contributed by atoms with van der Waals surface area (Å²) < 4.78 is 0.952. The number of carboxylic acid groups (broad SMARTS) is 1. The van der Waals surface area contributed by atoms with Crippen LogP contribution in [0.1, 0.15) is 17.2 Å². The van der Waals surface area contributed by atoms with Crippen LogP contribution in [0, 0.1) is 0 Å². The van der Waals surface area contributed by atoms with Gasteiger partial charge in [0.25, 0.3) is 0 Å². The quantitative estimate of drug-likeness (QED) is 0.868. The van der Waals surface area contributed by atoms with E-state index in [2.05, 4.69) is 21.2 Å². The number of nitrogens with one attached hydrogen (secondary N) is 1. The van der Waals surface area contributed by atoms with Crippen LogP contribution in [0.15, 0.2) is 15.9 Å². The molecule has 0 spiro atoms. The first-order valence-electron chi connectivity index (χ1n) is 4.26. The second-order valence-corrected chi connectivity index (χ2v) is 4.81. The van der Waals surface area contributed by atoms with Gasteiger partial charge in [0, 0.05) is 14.7 Å². The van der Waals surface area contributed by atoms with E-state index in [0.29, 0.717) is 13.0 Å². The highest BCUT2D eigenvalue weighted by Crippen LogP contribution is 2.29. The Bertz CT molecular complexity index is 314. The van der Waals surface area contributed by atoms with Gasteiger partial charge < -0.3 is 10.4 Å². The Hall–Kier alpha value is -0.390. The van der Waals surface area contributed by atoms with Gasteiger partial charge in [0.2, 0.25) is 0 Å². The van der Waals surface area contributed by atoms with E-state index in [-0.39, 0.29) is 0 Å². The van der Waals surface area contributed by atoms with Gasteiger partial charge in [-0.15, -0.1) is 11.3 Å². The molecule has 0 aliphatic rings. The van der Waals surface area contributed by atoms with E-state index in [0.717, 1.165) is 9.35 Å². The largest absolute Gasteiger partial charge is 0.481 e. The summed E-state index contributed by atoms with van der Waals surface area (Å²) in [7, 11) is 1.82. The van der Waals surface area contributed by atoms with Crippen molar-refractivity contribution in [2.45, 2.75) is 12.3 Å². The molecule has 14 heavy (non-hydrogen) atoms. The first kappa shape index (κ1) is 11.7. The van der Waals surface area contributed by atoms with Crippen LogP contribution in [0.4, 0.5) is 0 Å². The molecule has 0 saturated heterocycles. The normalized spacial score (nSPS) is 12.7. The van der Waals surface area contributed by atoms with Crippen molar-refractivity contribution in [1.29, 1.82) is 0 Å². The number of hydrogen-bond donors (Lipinski definition) is 2. The molecule has 1 atom stereocenters. The summed E-state index contributed by atoms with van der Waals surface area (Å²) in [6, 6.07) is 1.87. The summed E-state index contributed by atoms with van der Waals surface area (Å²) in [4.78, 5) is 11.9. The van der Waals surface area contributed by atoms with E-state index >= 15 is 0 Å². The number of hydrogen-bond acceptors (Lipinski definition) is 3. The lowest BCUT2D eigenvalue weighted by molar-refractivity contribution is -0.138. The fourth-order valence-electron chi connectivity index (χ4n) is 1.19. The molecule has 0 amide bonds. The van der Waals surface area contributed by atoms with Crippen molar-refractivity contribution < 1.29 is 9.90 Å². The lowest BCUT2D eigenvalue weighted by Crippen LogP contribution is -2.17. The molecule has 2 N–H and O–H groups in total. The van der Waals surface area contributed by atoms with Crippen LogP contribution in [0.2, 0.25) is 0 Å². The SMILES string of the molecule is CNCCC(C(=O)O)c1cc(Br)cs1. The number of thiophene rings is 1. The fourth-order valence-corrected chi connectivity index (χ4v) is 2.76. The summed E-state index contributed by atoms with van der Waals surface area (Å²) in [6.07, 6.45) is 0.624. The Labute approximate surface area is 95.3 Å². The van der Waals surface area contributed by atoms with Crippen LogP contribution >= 0.6 is 27.3 Å². The smallest absolute Gasteiger partial charge is 0.311 e. The van der Waals surface area contributed by atoms with E-state index < -0.39 is 11.9 Å². The maximum absolute atomic E-state index is 11.0. The number of carboxylic acids is 1. The lowest BCUT2D eigenvalue weighted by atomic mass is 10.0. The Kier molecular flexibility index (Phi) is 4.57. The van der Waals surface area contributed by atoms with Gasteiger partial charge in [0.1, 0.15) is 0 Å². The summed E-state index contributed by atoms with van der Waals surface area (Å²) in [6.45, 7) is 0.715. The van der Waals surface area contributed by atoms with Gasteiger partial charge in [-0.3, -0.25) is 4.79 Å². The Balaban J connectivity index is 2.72. The van der Waals surface area contributed by atoms with Crippen molar-refractivity contribution in [3.8, 4) is 0 Å². The van der Waals surface area contributed by atoms with E-state index in [9.17, 15) is 4.79 Å². The molecule has 78 valence electrons. The summed E-state index contributed by atoms with van der Waals surface area (Å²) in [5, 5.41) is 13.9. The molecule has 0 bridgehead atoms. The molecule has 0 aromatic carbocycles. The predicted molar refractivity (Wildman–Crippen MR) is 60.9 cm³/mol. The van der Waals surface area contributed by atoms with Crippen molar-refractivity contribution in [3.63, 3.8) is 0 Å². The highest BCUT2D eigenvalue weighted by Gasteiger charge is 2.20. The summed E-state index contributed by atoms with van der Waals surface area (Å²) in [5.41, 5.74) is 0. The molecule has 1 aromatic heterocycles. The van der Waals surface area contributed by atoms with Gasteiger partial charge in [-0.2, -0.15) is 0 Å². The first-order chi connectivity index (χ1) is 6.65. The minimum atomic E-state index is -0.755. The number of carbonyl (C=O) groups is 1. The zero-order valence-electron chi connectivity index (χ0n) is 7.79. The second kappa shape index (κ2) is 5.48. The van der Waals surface area contributed by atoms with E-state index in [4.69, 9.17) is 5.11 Å². The molecule has 5 heteroatoms. The number of halogens is 1. The average molecular weight is 278 g/mol. The Morgan fingerprint density at radius 2 is 2.50 bits per heavy atom. The first-order valence-corrected chi connectivity index (χ1v) is 5.93. The second-order valence-electron chi connectivity index (χ2n) is 2.95. The van der Waals surface area contributed by atoms with Crippen LogP contribution < -0.4 is 5.32 Å². The maximum Gasteiger partial charge on any atom is 0.311 e. The molecular formula is C9H12BrNO2S. The zero-order valence-corrected chi connectivity index (χ0v) is 10.2. The topological polar surface area (TPSA) is 49.3 Å². The van der Waals surface area contributed by atoms with Crippen molar-refractivity contribution in [3.05, 3.63) is 20.8 Å². The van der Waals surface area contributed by atoms with Gasteiger partial charge >= 0.3 is 5.97 Å². The predicted octanol–water partition coefficient (Wildman–Crippen LogP) is 2.29. The third kappa shape index (κ3) is 3.08. The molecule has 0 saturated carbocycles. The number of aliphatic carboxylic acids is 1. The molecular weight excluding hydrogens is 266 g/mol. The molecule has 3 nitrogen and oxygen atoms in total. The van der Waals surface area contributed by atoms with E-state index in [1.807, 2.05) is 18.5 Å². The molecule has 0 aliphatic carbocycles. The van der Waals surface area contributed by atoms with Gasteiger partial charge in [-0.1, -0.05) is 0 Å². The molecule has 1 unspecified atom stereocenters. The van der Waals surface area contributed by atoms with Gasteiger partial charge in [-0.05, 0) is 42.0 Å². The monoisotopic (exact) mass is 277 g/mol. The third-order valence-corrected chi connectivity index (χ3v) is 3.72. The fraction of sp³-hybridized carbons (Fsp3) is 0.444. The van der Waals surface area contributed by atoms with Gasteiger partial charge in [-0.25, -0.2) is 0 Å². The highest BCUT2D eigenvalue weighted by molar-refractivity contribution is 9.10. The van der Waals surface area contributed by atoms with E-state index in [1.165, 1.54) is 11.3 Å². The van der Waals surface area contributed by atoms with Crippen molar-refractivity contribution >= 4 is 33.2 Å². The third-order valence-electron chi connectivity index (χ3n) is 1.91. The molecule has 1 heterocycles. The van der Waals surface area contributed by atoms with Gasteiger partial charge in [0.05, 0.1) is 5.92 Å². The maximum atomic E-state index is 11.0. The van der Waals surface area contributed by atoms with Crippen LogP contribution in [-0.2, 0) is 4.79 Å². The number of rotatable bonds is 5. The Morgan fingerprint density at radius 3 is 2.93 bits per heavy atom. The molecule has 1 rings (SSSR count). The minimum Gasteiger partial charge on any atom is -0.481 e. The van der Waals surface area contributed by atoms with Crippen LogP contribution in [0.5, 0.6) is 0 Å². The van der Waals surface area contributed by atoms with Crippen LogP contribution in [0.25, 0.3) is 0 Å². The lowest BCUT2D eigenvalue weighted by Gasteiger charge is -2.09. The molecule has 0 aliphatic heterocycles. The highest BCUT2D eigenvalue weighted by atomic mass is 79.9. The standard InChI is InChI=1S/C9H12BrNO2S/c1-11-3-2-7(9(12)13)8-4-6(10)5-14-8/h4-5,7,11H,2-3H2,1H3,(H,12,13). The average Bonchev–Trinajstić information content (AvgIpc) is 2.52. The van der Waals surface area contributed by atoms with Crippen molar-refractivity contribution in [2.75, 3.05) is 13.6 Å². The Morgan fingerprint density at radius 1 is 1.79 bits per heavy atom. The minimum absolute atomic E-state index is 0.390. The molecule has 0 radical (unpaired) electrons. The van der Waals surface area contributed by atoms with Crippen molar-refractivity contribution in [1.82, 2.24) is 5.32 Å². The van der Waals surface area contributed by atoms with Crippen molar-refractivity contribution in [2.24, 2.45) is 0 Å². The van der Waals surface area contributed by atoms with Crippen LogP contribution in [0.3, 0.4) is 0 Å². The van der Waals surface area contributed by atoms with Crippen LogP contribution in [-0.4, -0.2) is 24.7 Å². The molecule has 1 aromatic rings. The van der Waals surface area contributed by atoms with E-state index in [1.54, 1.807) is 0 Å².